The third kappa shape index (κ3) is 8.50. The fourth-order valence-electron chi connectivity index (χ4n) is 4.34. The SMILES string of the molecule is COC(=O)C(CCN(CCCCC1CCc2cccnc2N1)C1CC1)NC(=O)OC(C)(C)C. The van der Waals surface area contributed by atoms with Crippen LogP contribution in [0.25, 0.3) is 0 Å². The fraction of sp³-hybridized carbons (Fsp3) is 0.720. The number of anilines is 1. The van der Waals surface area contributed by atoms with E-state index in [0.29, 0.717) is 18.5 Å². The van der Waals surface area contributed by atoms with Crippen LogP contribution in [0.5, 0.6) is 0 Å². The van der Waals surface area contributed by atoms with Crippen LogP contribution in [0.3, 0.4) is 0 Å². The van der Waals surface area contributed by atoms with Crippen molar-refractivity contribution >= 4 is 17.9 Å². The number of aromatic nitrogens is 1. The van der Waals surface area contributed by atoms with E-state index in [1.807, 2.05) is 12.3 Å². The standard InChI is InChI=1S/C25H40N4O4/c1-25(2,3)33-24(31)28-21(23(30)32-4)14-17-29(20-12-13-20)16-6-5-9-19-11-10-18-8-7-15-26-22(18)27-19/h7-8,15,19-21H,5-6,9-14,16-17H2,1-4H3,(H,26,27)(H,28,31). The summed E-state index contributed by atoms with van der Waals surface area (Å²) in [6.07, 6.45) is 9.83. The van der Waals surface area contributed by atoms with Crippen LogP contribution in [0.2, 0.25) is 0 Å². The summed E-state index contributed by atoms with van der Waals surface area (Å²) in [6.45, 7) is 7.15. The minimum atomic E-state index is -0.704. The number of alkyl carbamates (subject to hydrolysis) is 1. The molecule has 1 aliphatic heterocycles. The van der Waals surface area contributed by atoms with E-state index >= 15 is 0 Å². The van der Waals surface area contributed by atoms with Gasteiger partial charge in [-0.1, -0.05) is 12.5 Å². The number of hydrogen-bond acceptors (Lipinski definition) is 7. The summed E-state index contributed by atoms with van der Waals surface area (Å²) in [4.78, 5) is 31.3. The van der Waals surface area contributed by atoms with Crippen molar-refractivity contribution in [2.45, 2.75) is 95.9 Å². The van der Waals surface area contributed by atoms with Gasteiger partial charge in [-0.2, -0.15) is 0 Å². The second-order valence-corrected chi connectivity index (χ2v) is 10.2. The van der Waals surface area contributed by atoms with Gasteiger partial charge in [0.2, 0.25) is 0 Å². The third-order valence-corrected chi connectivity index (χ3v) is 6.19. The van der Waals surface area contributed by atoms with E-state index in [-0.39, 0.29) is 0 Å². The Bertz CT molecular complexity index is 791. The topological polar surface area (TPSA) is 92.8 Å². The van der Waals surface area contributed by atoms with Crippen molar-refractivity contribution in [3.05, 3.63) is 23.9 Å². The molecule has 0 spiro atoms. The van der Waals surface area contributed by atoms with E-state index < -0.39 is 23.7 Å². The highest BCUT2D eigenvalue weighted by Crippen LogP contribution is 2.28. The lowest BCUT2D eigenvalue weighted by Crippen LogP contribution is -2.46. The molecule has 2 atom stereocenters. The first-order valence-electron chi connectivity index (χ1n) is 12.3. The Kier molecular flexibility index (Phi) is 8.95. The molecule has 1 fully saturated rings. The molecule has 1 saturated carbocycles. The normalized spacial score (nSPS) is 18.8. The maximum absolute atomic E-state index is 12.2. The number of nitrogens with one attached hydrogen (secondary N) is 2. The minimum Gasteiger partial charge on any atom is -0.467 e. The van der Waals surface area contributed by atoms with Crippen molar-refractivity contribution in [2.75, 3.05) is 25.5 Å². The molecule has 2 unspecified atom stereocenters. The zero-order chi connectivity index (χ0) is 23.8. The van der Waals surface area contributed by atoms with Crippen molar-refractivity contribution in [2.24, 2.45) is 0 Å². The first-order chi connectivity index (χ1) is 15.7. The van der Waals surface area contributed by atoms with Crippen molar-refractivity contribution in [3.63, 3.8) is 0 Å². The predicted molar refractivity (Wildman–Crippen MR) is 128 cm³/mol. The summed E-state index contributed by atoms with van der Waals surface area (Å²) >= 11 is 0. The third-order valence-electron chi connectivity index (χ3n) is 6.19. The van der Waals surface area contributed by atoms with Gasteiger partial charge in [-0.15, -0.1) is 0 Å². The van der Waals surface area contributed by atoms with Crippen molar-refractivity contribution in [1.82, 2.24) is 15.2 Å². The molecule has 0 radical (unpaired) electrons. The minimum absolute atomic E-state index is 0.436. The van der Waals surface area contributed by atoms with Gasteiger partial charge in [0.15, 0.2) is 0 Å². The molecule has 3 rings (SSSR count). The second kappa shape index (κ2) is 11.7. The van der Waals surface area contributed by atoms with E-state index in [1.165, 1.54) is 25.5 Å². The molecular formula is C25H40N4O4. The van der Waals surface area contributed by atoms with Crippen LogP contribution < -0.4 is 10.6 Å². The maximum atomic E-state index is 12.2. The Labute approximate surface area is 197 Å². The van der Waals surface area contributed by atoms with E-state index in [0.717, 1.165) is 51.0 Å². The van der Waals surface area contributed by atoms with Gasteiger partial charge in [0.1, 0.15) is 17.5 Å². The van der Waals surface area contributed by atoms with E-state index in [2.05, 4.69) is 26.6 Å². The van der Waals surface area contributed by atoms with E-state index in [1.54, 1.807) is 20.8 Å². The van der Waals surface area contributed by atoms with Gasteiger partial charge in [-0.05, 0) is 83.9 Å². The number of hydrogen-bond donors (Lipinski definition) is 2. The number of rotatable bonds is 11. The number of pyridine rings is 1. The van der Waals surface area contributed by atoms with E-state index in [9.17, 15) is 9.59 Å². The number of esters is 1. The molecule has 1 aromatic heterocycles. The highest BCUT2D eigenvalue weighted by molar-refractivity contribution is 5.81. The molecule has 1 amide bonds. The summed E-state index contributed by atoms with van der Waals surface area (Å²) in [6, 6.07) is 4.53. The van der Waals surface area contributed by atoms with Gasteiger partial charge in [0.05, 0.1) is 7.11 Å². The summed E-state index contributed by atoms with van der Waals surface area (Å²) in [5.74, 6) is 0.605. The molecule has 1 aromatic rings. The number of fused-ring (bicyclic) bond motifs is 1. The highest BCUT2D eigenvalue weighted by Gasteiger charge is 2.31. The Morgan fingerprint density at radius 3 is 2.73 bits per heavy atom. The number of carbonyl (C=O) groups excluding carboxylic acids is 2. The first-order valence-corrected chi connectivity index (χ1v) is 12.3. The van der Waals surface area contributed by atoms with Crippen LogP contribution in [0.15, 0.2) is 18.3 Å². The smallest absolute Gasteiger partial charge is 0.408 e. The fourth-order valence-corrected chi connectivity index (χ4v) is 4.34. The summed E-state index contributed by atoms with van der Waals surface area (Å²) in [5.41, 5.74) is 0.699. The number of methoxy groups -OCH3 is 1. The molecule has 8 nitrogen and oxygen atoms in total. The lowest BCUT2D eigenvalue weighted by atomic mass is 9.97. The molecular weight excluding hydrogens is 420 g/mol. The predicted octanol–water partition coefficient (Wildman–Crippen LogP) is 3.90. The van der Waals surface area contributed by atoms with Crippen molar-refractivity contribution in [3.8, 4) is 0 Å². The monoisotopic (exact) mass is 460 g/mol. The Morgan fingerprint density at radius 1 is 1.24 bits per heavy atom. The van der Waals surface area contributed by atoms with Gasteiger partial charge in [0, 0.05) is 24.8 Å². The largest absolute Gasteiger partial charge is 0.467 e. The van der Waals surface area contributed by atoms with Crippen LogP contribution in [0.4, 0.5) is 10.6 Å². The number of aryl methyl sites for hydroxylation is 1. The molecule has 2 heterocycles. The number of ether oxygens (including phenoxy) is 2. The van der Waals surface area contributed by atoms with Crippen LogP contribution in [0, 0.1) is 0 Å². The van der Waals surface area contributed by atoms with Crippen molar-refractivity contribution < 1.29 is 19.1 Å². The second-order valence-electron chi connectivity index (χ2n) is 10.2. The van der Waals surface area contributed by atoms with Crippen LogP contribution in [-0.4, -0.2) is 65.9 Å². The average Bonchev–Trinajstić information content (AvgIpc) is 3.61. The molecule has 0 aromatic carbocycles. The summed E-state index contributed by atoms with van der Waals surface area (Å²) in [7, 11) is 1.35. The van der Waals surface area contributed by atoms with Gasteiger partial charge in [0.25, 0.3) is 0 Å². The van der Waals surface area contributed by atoms with Crippen LogP contribution in [-0.2, 0) is 20.7 Å². The Hall–Kier alpha value is -2.35. The molecule has 184 valence electrons. The number of unbranched alkanes of at least 4 members (excludes halogenated alkanes) is 1. The zero-order valence-electron chi connectivity index (χ0n) is 20.6. The molecule has 0 saturated heterocycles. The summed E-state index contributed by atoms with van der Waals surface area (Å²) in [5, 5.41) is 6.27. The first kappa shape index (κ1) is 25.3. The number of nitrogens with zero attached hydrogens (tertiary/aromatic N) is 2. The lowest BCUT2D eigenvalue weighted by Gasteiger charge is -2.27. The van der Waals surface area contributed by atoms with Crippen LogP contribution >= 0.6 is 0 Å². The molecule has 8 heteroatoms. The molecule has 2 aliphatic rings. The zero-order valence-corrected chi connectivity index (χ0v) is 20.6. The Morgan fingerprint density at radius 2 is 2.03 bits per heavy atom. The van der Waals surface area contributed by atoms with E-state index in [4.69, 9.17) is 9.47 Å². The molecule has 1 aliphatic carbocycles. The molecule has 33 heavy (non-hydrogen) atoms. The lowest BCUT2D eigenvalue weighted by molar-refractivity contribution is -0.143. The van der Waals surface area contributed by atoms with Gasteiger partial charge in [-0.25, -0.2) is 14.6 Å². The Balaban J connectivity index is 1.41. The molecule has 2 N–H and O–H groups in total. The van der Waals surface area contributed by atoms with Crippen LogP contribution in [0.1, 0.15) is 71.3 Å². The maximum Gasteiger partial charge on any atom is 0.408 e. The van der Waals surface area contributed by atoms with Gasteiger partial charge in [-0.3, -0.25) is 0 Å². The number of carbonyl (C=O) groups is 2. The summed E-state index contributed by atoms with van der Waals surface area (Å²) < 4.78 is 10.2. The van der Waals surface area contributed by atoms with Gasteiger partial charge >= 0.3 is 12.1 Å². The number of amides is 1. The molecule has 0 bridgehead atoms. The quantitative estimate of drug-likeness (QED) is 0.382. The highest BCUT2D eigenvalue weighted by atomic mass is 16.6. The van der Waals surface area contributed by atoms with Gasteiger partial charge < -0.3 is 25.0 Å². The van der Waals surface area contributed by atoms with Crippen molar-refractivity contribution in [1.29, 1.82) is 0 Å². The average molecular weight is 461 g/mol.